The molecule has 656 valence electrons. The van der Waals surface area contributed by atoms with Crippen LogP contribution in [-0.2, 0) is 102 Å². The zero-order chi connectivity index (χ0) is 88.5. The molecule has 0 aliphatic carbocycles. The summed E-state index contributed by atoms with van der Waals surface area (Å²) in [5, 5.41) is 9.27. The predicted molar refractivity (Wildman–Crippen MR) is 504 cm³/mol. The van der Waals surface area contributed by atoms with E-state index in [0.29, 0.717) is 50.4 Å². The van der Waals surface area contributed by atoms with E-state index in [9.17, 15) is 14.4 Å². The third kappa shape index (κ3) is 22.4. The number of carbonyl (C=O) groups excluding carboxylic acids is 3. The van der Waals surface area contributed by atoms with Crippen LogP contribution in [0.15, 0.2) is 200 Å². The van der Waals surface area contributed by atoms with Gasteiger partial charge in [-0.25, -0.2) is 29.9 Å². The quantitative estimate of drug-likeness (QED) is 0.0414. The van der Waals surface area contributed by atoms with Crippen LogP contribution in [-0.4, -0.2) is 169 Å². The fraction of sp³-hybridized carbons (Fsp3) is 0.343. The van der Waals surface area contributed by atoms with E-state index in [1.165, 1.54) is 40.5 Å². The standard InChI is InChI=1S/C37H41N5O2.C36H39N5O2.C32H39N5O3/c1-5-34-40-35-26(3)20-27(4)39-36(35)42(34)24-28-10-13-30(14-11-28)33-21-29(23-41-16-18-44-19-17-41)12-15-31(33)22-38-37(43)32-9-7-6-8-25(32)2;1-4-33-39-34-25(2)20-26(3)38-35(34)41(33)24-27-10-13-29(14-11-27)32-21-28(23-40-16-18-43-19-17-40)12-15-31(32)22-37-36(42)30-8-6-5-7-9-30;1-5-29-35-31-22(2)16-23(3)34-32(31)37(29)20-24-6-9-26(10-7-24)28-17-25(19-36-12-14-40-15-13-36)8-11-27(28)18-33-30(38)21-39-4/h6-15,20-21H,5,16-19,22-24H2,1-4H3,(H,38,43);5-15,20-21H,4,16-19,22-24H2,1-3H3,(H,37,42);6-11,16-17H,5,12-15,18-21H2,1-4H3,(H,33,38). The second kappa shape index (κ2) is 42.4. The number of aromatic nitrogens is 9. The molecular formula is C105H119N15O7. The van der Waals surface area contributed by atoms with Crippen molar-refractivity contribution in [3.05, 3.63) is 318 Å². The summed E-state index contributed by atoms with van der Waals surface area (Å²) in [4.78, 5) is 74.5. The molecule has 0 unspecified atom stereocenters. The molecule has 0 radical (unpaired) electrons. The van der Waals surface area contributed by atoms with Gasteiger partial charge in [-0.1, -0.05) is 166 Å². The number of nitrogens with one attached hydrogen (secondary N) is 3. The van der Waals surface area contributed by atoms with Gasteiger partial charge in [-0.3, -0.25) is 29.1 Å². The van der Waals surface area contributed by atoms with Gasteiger partial charge in [0.1, 0.15) is 40.6 Å². The summed E-state index contributed by atoms with van der Waals surface area (Å²) in [5.41, 5.74) is 32.1. The summed E-state index contributed by atoms with van der Waals surface area (Å²) in [7, 11) is 1.53. The number of ether oxygens (including phenoxy) is 4. The second-order valence-electron chi connectivity index (χ2n) is 33.6. The molecule has 8 aromatic carbocycles. The van der Waals surface area contributed by atoms with Gasteiger partial charge in [-0.05, 0) is 209 Å². The maximum absolute atomic E-state index is 13.1. The van der Waals surface area contributed by atoms with Crippen LogP contribution in [0.2, 0.25) is 0 Å². The average molecular weight is 1700 g/mol. The highest BCUT2D eigenvalue weighted by molar-refractivity contribution is 5.96. The van der Waals surface area contributed by atoms with Crippen LogP contribution in [0, 0.1) is 48.5 Å². The molecule has 3 aliphatic rings. The van der Waals surface area contributed by atoms with Gasteiger partial charge in [0.05, 0.1) is 59.3 Å². The first kappa shape index (κ1) is 89.6. The Morgan fingerprint density at radius 2 is 0.669 bits per heavy atom. The zero-order valence-electron chi connectivity index (χ0n) is 75.5. The Bertz CT molecular complexity index is 6160. The molecule has 0 spiro atoms. The fourth-order valence-corrected chi connectivity index (χ4v) is 17.4. The molecule has 17 rings (SSSR count). The summed E-state index contributed by atoms with van der Waals surface area (Å²) in [6.07, 6.45) is 2.54. The molecule has 6 aromatic heterocycles. The summed E-state index contributed by atoms with van der Waals surface area (Å²) >= 11 is 0. The normalized spacial score (nSPS) is 13.9. The number of aryl methyl sites for hydroxylation is 10. The molecule has 0 bridgehead atoms. The van der Waals surface area contributed by atoms with Crippen LogP contribution in [0.25, 0.3) is 66.9 Å². The number of rotatable bonds is 28. The summed E-state index contributed by atoms with van der Waals surface area (Å²) in [5.74, 6) is 2.89. The molecule has 3 saturated heterocycles. The van der Waals surface area contributed by atoms with Crippen molar-refractivity contribution < 1.29 is 33.3 Å². The number of benzene rings is 8. The van der Waals surface area contributed by atoms with Crippen molar-refractivity contribution in [1.82, 2.24) is 74.3 Å². The lowest BCUT2D eigenvalue weighted by Gasteiger charge is -2.27. The van der Waals surface area contributed by atoms with Gasteiger partial charge in [-0.15, -0.1) is 0 Å². The highest BCUT2D eigenvalue weighted by Crippen LogP contribution is 2.34. The smallest absolute Gasteiger partial charge is 0.251 e. The Hall–Kier alpha value is -12.3. The summed E-state index contributed by atoms with van der Waals surface area (Å²) in [6, 6.07) is 69.5. The van der Waals surface area contributed by atoms with E-state index in [1.807, 2.05) is 82.3 Å². The number of methoxy groups -OCH3 is 1. The number of nitrogens with zero attached hydrogens (tertiary/aromatic N) is 12. The monoisotopic (exact) mass is 1700 g/mol. The van der Waals surface area contributed by atoms with Crippen molar-refractivity contribution in [3.8, 4) is 33.4 Å². The first-order valence-electron chi connectivity index (χ1n) is 44.8. The van der Waals surface area contributed by atoms with Gasteiger partial charge in [0.2, 0.25) is 5.91 Å². The highest BCUT2D eigenvalue weighted by Gasteiger charge is 2.23. The summed E-state index contributed by atoms with van der Waals surface area (Å²) in [6.45, 7) is 37.3. The minimum atomic E-state index is -0.125. The Morgan fingerprint density at radius 1 is 0.346 bits per heavy atom. The Kier molecular flexibility index (Phi) is 29.9. The van der Waals surface area contributed by atoms with Crippen molar-refractivity contribution in [2.24, 2.45) is 0 Å². The van der Waals surface area contributed by atoms with Gasteiger partial charge >= 0.3 is 0 Å². The van der Waals surface area contributed by atoms with E-state index in [0.717, 1.165) is 258 Å². The van der Waals surface area contributed by atoms with Crippen molar-refractivity contribution >= 4 is 51.2 Å². The number of hydrogen-bond acceptors (Lipinski definition) is 16. The van der Waals surface area contributed by atoms with E-state index in [1.54, 1.807) is 0 Å². The average Bonchev–Trinajstić information content (AvgIpc) is 1.58. The van der Waals surface area contributed by atoms with Crippen molar-refractivity contribution in [2.45, 2.75) is 147 Å². The second-order valence-corrected chi connectivity index (χ2v) is 33.6. The maximum Gasteiger partial charge on any atom is 0.251 e. The first-order chi connectivity index (χ1) is 61.8. The van der Waals surface area contributed by atoms with Gasteiger partial charge in [0.15, 0.2) is 16.9 Å². The zero-order valence-corrected chi connectivity index (χ0v) is 75.5. The van der Waals surface area contributed by atoms with Crippen molar-refractivity contribution in [2.75, 3.05) is 92.6 Å². The Labute approximate surface area is 746 Å². The number of amides is 3. The lowest BCUT2D eigenvalue weighted by atomic mass is 9.95. The van der Waals surface area contributed by atoms with E-state index in [2.05, 4.69) is 231 Å². The van der Waals surface area contributed by atoms with Gasteiger partial charge in [-0.2, -0.15) is 0 Å². The lowest BCUT2D eigenvalue weighted by molar-refractivity contribution is -0.124. The minimum Gasteiger partial charge on any atom is -0.379 e. The molecule has 3 fully saturated rings. The van der Waals surface area contributed by atoms with Crippen LogP contribution in [0.5, 0.6) is 0 Å². The van der Waals surface area contributed by atoms with Crippen LogP contribution in [0.3, 0.4) is 0 Å². The Morgan fingerprint density at radius 3 is 1.01 bits per heavy atom. The largest absolute Gasteiger partial charge is 0.379 e. The van der Waals surface area contributed by atoms with Crippen LogP contribution < -0.4 is 16.0 Å². The molecule has 22 heteroatoms. The molecule has 14 aromatic rings. The van der Waals surface area contributed by atoms with E-state index in [-0.39, 0.29) is 24.3 Å². The molecule has 3 amide bonds. The Balaban J connectivity index is 0.000000147. The van der Waals surface area contributed by atoms with Crippen LogP contribution >= 0.6 is 0 Å². The molecule has 0 saturated carbocycles. The predicted octanol–water partition coefficient (Wildman–Crippen LogP) is 16.9. The molecule has 22 nitrogen and oxygen atoms in total. The van der Waals surface area contributed by atoms with Crippen LogP contribution in [0.1, 0.15) is 148 Å². The first-order valence-corrected chi connectivity index (χ1v) is 44.8. The van der Waals surface area contributed by atoms with E-state index >= 15 is 0 Å². The number of carbonyl (C=O) groups is 3. The number of fused-ring (bicyclic) bond motifs is 3. The van der Waals surface area contributed by atoms with Crippen molar-refractivity contribution in [3.63, 3.8) is 0 Å². The number of pyridine rings is 3. The van der Waals surface area contributed by atoms with E-state index < -0.39 is 0 Å². The fourth-order valence-electron chi connectivity index (χ4n) is 17.4. The SMILES string of the molecule is CCc1nc2c(C)cc(C)nc2n1Cc1ccc(-c2cc(CN3CCOCC3)ccc2CNC(=O)COC)cc1.CCc1nc2c(C)cc(C)nc2n1Cc1ccc(-c2cc(CN3CCOCC3)ccc2CNC(=O)c2ccccc2)cc1.CCc1nc2c(C)cc(C)nc2n1Cc1ccc(-c2cc(CN3CCOCC3)ccc2CNC(=O)c2ccccc2C)cc1. The summed E-state index contributed by atoms with van der Waals surface area (Å²) < 4.78 is 28.3. The number of imidazole rings is 3. The number of hydrogen-bond donors (Lipinski definition) is 3. The molecular weight excluding hydrogens is 1580 g/mol. The van der Waals surface area contributed by atoms with E-state index in [4.69, 9.17) is 48.9 Å². The van der Waals surface area contributed by atoms with Crippen molar-refractivity contribution in [1.29, 1.82) is 0 Å². The van der Waals surface area contributed by atoms with Gasteiger partial charge in [0.25, 0.3) is 11.8 Å². The molecule has 9 heterocycles. The topological polar surface area (TPSA) is 226 Å². The lowest BCUT2D eigenvalue weighted by Crippen LogP contribution is -2.35. The third-order valence-electron chi connectivity index (χ3n) is 24.2. The molecule has 0 atom stereocenters. The molecule has 3 N–H and O–H groups in total. The maximum atomic E-state index is 13.1. The van der Waals surface area contributed by atoms with Crippen LogP contribution in [0.4, 0.5) is 0 Å². The van der Waals surface area contributed by atoms with Gasteiger partial charge in [0, 0.05) is 133 Å². The number of morpholine rings is 3. The molecule has 3 aliphatic heterocycles. The third-order valence-corrected chi connectivity index (χ3v) is 24.2. The highest BCUT2D eigenvalue weighted by atomic mass is 16.5. The molecule has 127 heavy (non-hydrogen) atoms. The minimum absolute atomic E-state index is 0.0513. The van der Waals surface area contributed by atoms with Gasteiger partial charge < -0.3 is 48.6 Å².